The maximum absolute atomic E-state index is 12.9. The Bertz CT molecular complexity index is 1110. The molecule has 2 fully saturated rings. The van der Waals surface area contributed by atoms with Gasteiger partial charge in [-0.05, 0) is 62.8 Å². The number of halogens is 3. The number of likely N-dealkylation sites (tertiary alicyclic amines) is 1. The molecule has 10 heteroatoms. The van der Waals surface area contributed by atoms with E-state index in [4.69, 9.17) is 0 Å². The number of carbonyl (C=O) groups is 2. The molecule has 0 unspecified atom stereocenters. The van der Waals surface area contributed by atoms with Gasteiger partial charge in [0.25, 0.3) is 5.91 Å². The van der Waals surface area contributed by atoms with Crippen molar-refractivity contribution in [2.24, 2.45) is 5.92 Å². The molecule has 1 saturated heterocycles. The van der Waals surface area contributed by atoms with Crippen LogP contribution in [0.1, 0.15) is 84.1 Å². The molecule has 1 amide bonds. The number of benzene rings is 1. The lowest BCUT2D eigenvalue weighted by Crippen LogP contribution is -2.41. The summed E-state index contributed by atoms with van der Waals surface area (Å²) in [6.45, 7) is 5.70. The van der Waals surface area contributed by atoms with Gasteiger partial charge in [-0.1, -0.05) is 19.9 Å². The van der Waals surface area contributed by atoms with E-state index in [2.05, 4.69) is 29.0 Å². The second-order valence-corrected chi connectivity index (χ2v) is 11.7. The summed E-state index contributed by atoms with van der Waals surface area (Å²) in [7, 11) is 0. The molecule has 4 rings (SSSR count). The predicted molar refractivity (Wildman–Crippen MR) is 135 cm³/mol. The van der Waals surface area contributed by atoms with Gasteiger partial charge < -0.3 is 15.3 Å². The Hall–Kier alpha value is -2.30. The van der Waals surface area contributed by atoms with Crippen molar-refractivity contribution < 1.29 is 27.9 Å². The maximum atomic E-state index is 12.9. The second kappa shape index (κ2) is 11.2. The predicted octanol–water partition coefficient (Wildman–Crippen LogP) is 5.13. The lowest BCUT2D eigenvalue weighted by molar-refractivity contribution is -0.137. The van der Waals surface area contributed by atoms with E-state index >= 15 is 0 Å². The molecule has 1 saturated carbocycles. The van der Waals surface area contributed by atoms with Crippen molar-refractivity contribution in [3.63, 3.8) is 0 Å². The number of hydrogen-bond donors (Lipinski definition) is 2. The molecule has 2 heterocycles. The van der Waals surface area contributed by atoms with E-state index in [0.717, 1.165) is 54.4 Å². The van der Waals surface area contributed by atoms with E-state index in [1.807, 2.05) is 6.20 Å². The number of carbonyl (C=O) groups excluding carboxylic acids is 2. The van der Waals surface area contributed by atoms with Crippen LogP contribution in [-0.4, -0.2) is 52.4 Å². The summed E-state index contributed by atoms with van der Waals surface area (Å²) in [5, 5.41) is 14.7. The molecule has 202 valence electrons. The first-order valence-electron chi connectivity index (χ1n) is 12.8. The number of ketones is 1. The molecule has 1 atom stereocenters. The van der Waals surface area contributed by atoms with Crippen LogP contribution in [0.25, 0.3) is 0 Å². The van der Waals surface area contributed by atoms with E-state index in [-0.39, 0.29) is 23.8 Å². The van der Waals surface area contributed by atoms with Crippen LogP contribution in [0.4, 0.5) is 13.2 Å². The molecule has 6 nitrogen and oxygen atoms in total. The van der Waals surface area contributed by atoms with Gasteiger partial charge in [-0.25, -0.2) is 4.98 Å². The van der Waals surface area contributed by atoms with Crippen molar-refractivity contribution in [3.8, 4) is 0 Å². The highest BCUT2D eigenvalue weighted by atomic mass is 32.1. The van der Waals surface area contributed by atoms with Gasteiger partial charge in [0.2, 0.25) is 0 Å². The number of nitrogens with one attached hydrogen (secondary N) is 1. The molecule has 1 aromatic carbocycles. The molecule has 2 aromatic rings. The summed E-state index contributed by atoms with van der Waals surface area (Å²) in [6.07, 6.45) is 1.67. The molecule has 0 radical (unpaired) electrons. The monoisotopic (exact) mass is 537 g/mol. The molecular formula is C27H34F3N3O3S. The van der Waals surface area contributed by atoms with Gasteiger partial charge >= 0.3 is 6.18 Å². The highest BCUT2D eigenvalue weighted by Gasteiger charge is 2.40. The van der Waals surface area contributed by atoms with E-state index < -0.39 is 23.2 Å². The fraction of sp³-hybridized carbons (Fsp3) is 0.593. The maximum Gasteiger partial charge on any atom is 0.416 e. The SMILES string of the molecule is CC(C)c1ncc(C2(O)CCC(N3CC[C@@H](CC(=O)CNC(=O)c4cccc(C(F)(F)F)c4)C3)CC2)s1. The number of thiazole rings is 1. The van der Waals surface area contributed by atoms with Gasteiger partial charge in [0.15, 0.2) is 5.78 Å². The highest BCUT2D eigenvalue weighted by molar-refractivity contribution is 7.11. The van der Waals surface area contributed by atoms with E-state index in [0.29, 0.717) is 31.2 Å². The molecular weight excluding hydrogens is 503 g/mol. The molecule has 0 spiro atoms. The highest BCUT2D eigenvalue weighted by Crippen LogP contribution is 2.42. The number of rotatable bonds is 8. The fourth-order valence-corrected chi connectivity index (χ4v) is 6.40. The first-order chi connectivity index (χ1) is 17.4. The minimum absolute atomic E-state index is 0.120. The Kier molecular flexibility index (Phi) is 8.40. The Morgan fingerprint density at radius 2 is 1.97 bits per heavy atom. The molecule has 37 heavy (non-hydrogen) atoms. The van der Waals surface area contributed by atoms with Crippen LogP contribution in [0, 0.1) is 5.92 Å². The van der Waals surface area contributed by atoms with E-state index in [1.165, 1.54) is 12.1 Å². The Balaban J connectivity index is 1.21. The van der Waals surface area contributed by atoms with Crippen molar-refractivity contribution in [2.45, 2.75) is 76.1 Å². The van der Waals surface area contributed by atoms with E-state index in [9.17, 15) is 27.9 Å². The van der Waals surface area contributed by atoms with Gasteiger partial charge in [0, 0.05) is 36.7 Å². The Morgan fingerprint density at radius 3 is 2.62 bits per heavy atom. The normalized spacial score (nSPS) is 24.9. The zero-order valence-corrected chi connectivity index (χ0v) is 22.0. The summed E-state index contributed by atoms with van der Waals surface area (Å²) >= 11 is 1.60. The number of nitrogens with zero attached hydrogens (tertiary/aromatic N) is 2. The summed E-state index contributed by atoms with van der Waals surface area (Å²) in [5.41, 5.74) is -1.83. The average Bonchev–Trinajstić information content (AvgIpc) is 3.53. The van der Waals surface area contributed by atoms with Crippen LogP contribution < -0.4 is 5.32 Å². The van der Waals surface area contributed by atoms with Crippen molar-refractivity contribution in [1.82, 2.24) is 15.2 Å². The van der Waals surface area contributed by atoms with Crippen LogP contribution in [0.3, 0.4) is 0 Å². The van der Waals surface area contributed by atoms with Crippen molar-refractivity contribution >= 4 is 23.0 Å². The van der Waals surface area contributed by atoms with Gasteiger partial charge in [0.1, 0.15) is 5.60 Å². The standard InChI is InChI=1S/C27H34F3N3O3S/c1-17(2)25-32-15-23(37-25)26(36)9-6-21(7-10-26)33-11-8-18(16-33)12-22(34)14-31-24(35)19-4-3-5-20(13-19)27(28,29)30/h3-5,13,15,17-18,21,36H,6-12,14,16H2,1-2H3,(H,31,35)/t18-,21?,26?/m0/s1. The van der Waals surface area contributed by atoms with Crippen LogP contribution in [0.15, 0.2) is 30.5 Å². The zero-order valence-electron chi connectivity index (χ0n) is 21.2. The van der Waals surface area contributed by atoms with Crippen LogP contribution in [0.2, 0.25) is 0 Å². The van der Waals surface area contributed by atoms with Crippen LogP contribution >= 0.6 is 11.3 Å². The van der Waals surface area contributed by atoms with Gasteiger partial charge in [-0.2, -0.15) is 13.2 Å². The number of amides is 1. The first kappa shape index (κ1) is 27.7. The third-order valence-electron chi connectivity index (χ3n) is 7.51. The number of aliphatic hydroxyl groups is 1. The lowest BCUT2D eigenvalue weighted by Gasteiger charge is -2.39. The van der Waals surface area contributed by atoms with Crippen molar-refractivity contribution in [3.05, 3.63) is 51.5 Å². The van der Waals surface area contributed by atoms with Gasteiger partial charge in [0.05, 0.1) is 22.0 Å². The number of aromatic nitrogens is 1. The number of hydrogen-bond acceptors (Lipinski definition) is 6. The quantitative estimate of drug-likeness (QED) is 0.488. The smallest absolute Gasteiger partial charge is 0.384 e. The number of Topliss-reactive ketones (excluding diaryl/α,β-unsaturated/α-hetero) is 1. The lowest BCUT2D eigenvalue weighted by atomic mass is 9.81. The molecule has 2 N–H and O–H groups in total. The molecule has 1 aliphatic carbocycles. The molecule has 2 aliphatic rings. The molecule has 0 bridgehead atoms. The van der Waals surface area contributed by atoms with Crippen molar-refractivity contribution in [1.29, 1.82) is 0 Å². The summed E-state index contributed by atoms with van der Waals surface area (Å²) in [4.78, 5) is 32.6. The summed E-state index contributed by atoms with van der Waals surface area (Å²) < 4.78 is 38.6. The Labute approximate surface area is 219 Å². The largest absolute Gasteiger partial charge is 0.416 e. The first-order valence-corrected chi connectivity index (χ1v) is 13.7. The van der Waals surface area contributed by atoms with Crippen LogP contribution in [0.5, 0.6) is 0 Å². The summed E-state index contributed by atoms with van der Waals surface area (Å²) in [5.74, 6) is -0.286. The molecule has 1 aromatic heterocycles. The zero-order chi connectivity index (χ0) is 26.8. The van der Waals surface area contributed by atoms with Crippen LogP contribution in [-0.2, 0) is 16.6 Å². The molecule has 1 aliphatic heterocycles. The van der Waals surface area contributed by atoms with Gasteiger partial charge in [-0.15, -0.1) is 11.3 Å². The van der Waals surface area contributed by atoms with E-state index in [1.54, 1.807) is 11.3 Å². The summed E-state index contributed by atoms with van der Waals surface area (Å²) in [6, 6.07) is 4.55. The minimum Gasteiger partial charge on any atom is -0.384 e. The third-order valence-corrected chi connectivity index (χ3v) is 9.00. The minimum atomic E-state index is -4.53. The Morgan fingerprint density at radius 1 is 1.24 bits per heavy atom. The third kappa shape index (κ3) is 6.78. The fourth-order valence-electron chi connectivity index (χ4n) is 5.33. The second-order valence-electron chi connectivity index (χ2n) is 10.6. The number of alkyl halides is 3. The average molecular weight is 538 g/mol. The van der Waals surface area contributed by atoms with Gasteiger partial charge in [-0.3, -0.25) is 9.59 Å². The topological polar surface area (TPSA) is 82.5 Å². The van der Waals surface area contributed by atoms with Crippen molar-refractivity contribution in [2.75, 3.05) is 19.6 Å².